The number of hydrogen-bond acceptors (Lipinski definition) is 4. The maximum absolute atomic E-state index is 12.4. The molecule has 0 bridgehead atoms. The van der Waals surface area contributed by atoms with Crippen molar-refractivity contribution in [2.45, 2.75) is 31.2 Å². The Labute approximate surface area is 160 Å². The second-order valence-electron chi connectivity index (χ2n) is 6.63. The van der Waals surface area contributed by atoms with Gasteiger partial charge in [0.1, 0.15) is 4.90 Å². The lowest BCUT2D eigenvalue weighted by atomic mass is 10.1. The predicted molar refractivity (Wildman–Crippen MR) is 105 cm³/mol. The van der Waals surface area contributed by atoms with Crippen molar-refractivity contribution in [1.82, 2.24) is 10.2 Å². The zero-order valence-electron chi connectivity index (χ0n) is 15.6. The second kappa shape index (κ2) is 7.52. The van der Waals surface area contributed by atoms with E-state index in [2.05, 4.69) is 28.8 Å². The van der Waals surface area contributed by atoms with Crippen molar-refractivity contribution in [2.24, 2.45) is 4.40 Å². The number of sulfonamides is 1. The minimum Gasteiger partial charge on any atom is -0.349 e. The first-order valence-corrected chi connectivity index (χ1v) is 10.3. The third-order valence-electron chi connectivity index (χ3n) is 4.62. The van der Waals surface area contributed by atoms with Gasteiger partial charge in [0.05, 0.1) is 12.6 Å². The number of fused-ring (bicyclic) bond motifs is 1. The van der Waals surface area contributed by atoms with E-state index in [1.54, 1.807) is 30.1 Å². The fourth-order valence-electron chi connectivity index (χ4n) is 3.07. The fourth-order valence-corrected chi connectivity index (χ4v) is 4.32. The number of rotatable bonds is 5. The van der Waals surface area contributed by atoms with Gasteiger partial charge in [-0.1, -0.05) is 43.3 Å². The number of likely N-dealkylation sites (N-methyl/N-ethyl adjacent to an activating group) is 1. The van der Waals surface area contributed by atoms with Crippen LogP contribution in [-0.4, -0.2) is 38.7 Å². The van der Waals surface area contributed by atoms with Crippen LogP contribution in [0.4, 0.5) is 0 Å². The first kappa shape index (κ1) is 19.1. The zero-order chi connectivity index (χ0) is 19.6. The molecular weight excluding hydrogens is 362 g/mol. The summed E-state index contributed by atoms with van der Waals surface area (Å²) in [6, 6.07) is 14.6. The smallest absolute Gasteiger partial charge is 0.285 e. The lowest BCUT2D eigenvalue weighted by Gasteiger charge is -2.21. The summed E-state index contributed by atoms with van der Waals surface area (Å²) in [7, 11) is -2.03. The minimum atomic E-state index is -3.69. The van der Waals surface area contributed by atoms with Crippen LogP contribution in [0.15, 0.2) is 57.8 Å². The predicted octanol–water partition coefficient (Wildman–Crippen LogP) is 2.51. The van der Waals surface area contributed by atoms with Gasteiger partial charge in [0, 0.05) is 12.6 Å². The molecule has 0 saturated carbocycles. The molecule has 0 saturated heterocycles. The molecule has 1 heterocycles. The van der Waals surface area contributed by atoms with E-state index in [1.165, 1.54) is 11.6 Å². The minimum absolute atomic E-state index is 0.0140. The van der Waals surface area contributed by atoms with Gasteiger partial charge < -0.3 is 10.2 Å². The van der Waals surface area contributed by atoms with E-state index in [4.69, 9.17) is 0 Å². The number of nitrogens with one attached hydrogen (secondary N) is 1. The van der Waals surface area contributed by atoms with Gasteiger partial charge in [0.2, 0.25) is 5.91 Å². The van der Waals surface area contributed by atoms with Gasteiger partial charge in [-0.05, 0) is 36.6 Å². The Morgan fingerprint density at radius 3 is 2.48 bits per heavy atom. The number of carbonyl (C=O) groups excluding carboxylic acids is 1. The van der Waals surface area contributed by atoms with Crippen LogP contribution in [0.3, 0.4) is 0 Å². The Kier molecular flexibility index (Phi) is 5.32. The van der Waals surface area contributed by atoms with Crippen LogP contribution in [0, 0.1) is 0 Å². The highest BCUT2D eigenvalue weighted by atomic mass is 32.2. The molecular formula is C20H23N3O3S. The van der Waals surface area contributed by atoms with E-state index >= 15 is 0 Å². The number of amidine groups is 1. The van der Waals surface area contributed by atoms with Gasteiger partial charge in [0.25, 0.3) is 10.0 Å². The summed E-state index contributed by atoms with van der Waals surface area (Å²) in [4.78, 5) is 14.2. The van der Waals surface area contributed by atoms with Crippen molar-refractivity contribution in [1.29, 1.82) is 0 Å². The molecule has 142 valence electrons. The van der Waals surface area contributed by atoms with Gasteiger partial charge in [-0.15, -0.1) is 4.40 Å². The Morgan fingerprint density at radius 1 is 1.15 bits per heavy atom. The topological polar surface area (TPSA) is 78.8 Å². The molecule has 1 N–H and O–H groups in total. The summed E-state index contributed by atoms with van der Waals surface area (Å²) in [5.74, 6) is 0.0924. The van der Waals surface area contributed by atoms with Crippen molar-refractivity contribution in [3.05, 3.63) is 65.2 Å². The van der Waals surface area contributed by atoms with E-state index < -0.39 is 10.0 Å². The van der Waals surface area contributed by atoms with E-state index in [9.17, 15) is 13.2 Å². The summed E-state index contributed by atoms with van der Waals surface area (Å²) in [6.45, 7) is 4.03. The summed E-state index contributed by atoms with van der Waals surface area (Å²) >= 11 is 0. The Balaban J connectivity index is 1.67. The van der Waals surface area contributed by atoms with Crippen LogP contribution < -0.4 is 5.32 Å². The first-order chi connectivity index (χ1) is 12.8. The molecule has 27 heavy (non-hydrogen) atoms. The molecule has 0 radical (unpaired) electrons. The average Bonchev–Trinajstić information content (AvgIpc) is 2.93. The Bertz CT molecular complexity index is 982. The van der Waals surface area contributed by atoms with Crippen molar-refractivity contribution in [3.8, 4) is 0 Å². The van der Waals surface area contributed by atoms with Crippen molar-refractivity contribution < 1.29 is 13.2 Å². The van der Waals surface area contributed by atoms with Crippen molar-refractivity contribution in [2.75, 3.05) is 13.6 Å². The van der Waals surface area contributed by atoms with Crippen LogP contribution in [0.25, 0.3) is 0 Å². The molecule has 0 spiro atoms. The SMILES string of the molecule is CCc1ccc([C@@H](C)NC(=O)CN(C)C2=NS(=O)(=O)c3ccccc32)cc1. The van der Waals surface area contributed by atoms with Crippen LogP contribution in [0.5, 0.6) is 0 Å². The van der Waals surface area contributed by atoms with Crippen LogP contribution in [0.2, 0.25) is 0 Å². The van der Waals surface area contributed by atoms with Crippen LogP contribution in [-0.2, 0) is 21.2 Å². The molecule has 1 atom stereocenters. The third-order valence-corrected chi connectivity index (χ3v) is 5.95. The van der Waals surface area contributed by atoms with Crippen molar-refractivity contribution >= 4 is 21.8 Å². The third kappa shape index (κ3) is 4.03. The summed E-state index contributed by atoms with van der Waals surface area (Å²) in [5, 5.41) is 2.95. The first-order valence-electron chi connectivity index (χ1n) is 8.85. The maximum Gasteiger partial charge on any atom is 0.285 e. The molecule has 2 aromatic carbocycles. The van der Waals surface area contributed by atoms with E-state index in [0.717, 1.165) is 12.0 Å². The number of aryl methyl sites for hydroxylation is 1. The zero-order valence-corrected chi connectivity index (χ0v) is 16.5. The molecule has 0 aliphatic carbocycles. The van der Waals surface area contributed by atoms with E-state index in [1.807, 2.05) is 19.1 Å². The highest BCUT2D eigenvalue weighted by Gasteiger charge is 2.31. The molecule has 3 rings (SSSR count). The highest BCUT2D eigenvalue weighted by molar-refractivity contribution is 7.90. The standard InChI is InChI=1S/C20H23N3O3S/c1-4-15-9-11-16(12-10-15)14(2)21-19(24)13-23(3)20-17-7-5-6-8-18(17)27(25,26)22-20/h5-12,14H,4,13H2,1-3H3,(H,21,24)/t14-/m1/s1. The fraction of sp³-hybridized carbons (Fsp3) is 0.300. The van der Waals surface area contributed by atoms with Crippen LogP contribution in [0.1, 0.15) is 36.6 Å². The second-order valence-corrected chi connectivity index (χ2v) is 8.20. The summed E-state index contributed by atoms with van der Waals surface area (Å²) in [6.07, 6.45) is 0.971. The molecule has 6 nitrogen and oxygen atoms in total. The van der Waals surface area contributed by atoms with Gasteiger partial charge in [-0.2, -0.15) is 8.42 Å². The maximum atomic E-state index is 12.4. The highest BCUT2D eigenvalue weighted by Crippen LogP contribution is 2.26. The molecule has 0 fully saturated rings. The van der Waals surface area contributed by atoms with E-state index in [0.29, 0.717) is 11.4 Å². The van der Waals surface area contributed by atoms with Crippen molar-refractivity contribution in [3.63, 3.8) is 0 Å². The summed E-state index contributed by atoms with van der Waals surface area (Å²) < 4.78 is 28.1. The van der Waals surface area contributed by atoms with Gasteiger partial charge in [0.15, 0.2) is 5.84 Å². The number of carbonyl (C=O) groups is 1. The molecule has 7 heteroatoms. The number of nitrogens with zero attached hydrogens (tertiary/aromatic N) is 2. The number of amides is 1. The van der Waals surface area contributed by atoms with Crippen LogP contribution >= 0.6 is 0 Å². The monoisotopic (exact) mass is 385 g/mol. The molecule has 1 aliphatic heterocycles. The quantitative estimate of drug-likeness (QED) is 0.858. The normalized spacial score (nSPS) is 15.6. The number of hydrogen-bond donors (Lipinski definition) is 1. The molecule has 0 aromatic heterocycles. The molecule has 2 aromatic rings. The molecule has 1 amide bonds. The largest absolute Gasteiger partial charge is 0.349 e. The lowest BCUT2D eigenvalue weighted by molar-refractivity contribution is -0.121. The van der Waals surface area contributed by atoms with Gasteiger partial charge in [-0.25, -0.2) is 0 Å². The Hall–Kier alpha value is -2.67. The van der Waals surface area contributed by atoms with E-state index in [-0.39, 0.29) is 23.4 Å². The molecule has 1 aliphatic rings. The number of benzene rings is 2. The van der Waals surface area contributed by atoms with Gasteiger partial charge in [-0.3, -0.25) is 4.79 Å². The Morgan fingerprint density at radius 2 is 1.81 bits per heavy atom. The lowest BCUT2D eigenvalue weighted by Crippen LogP contribution is -2.39. The van der Waals surface area contributed by atoms with Gasteiger partial charge >= 0.3 is 0 Å². The average molecular weight is 385 g/mol. The summed E-state index contributed by atoms with van der Waals surface area (Å²) in [5.41, 5.74) is 2.79. The molecule has 0 unspecified atom stereocenters.